The van der Waals surface area contributed by atoms with Crippen molar-refractivity contribution in [1.29, 1.82) is 0 Å². The molecule has 1 amide bonds. The van der Waals surface area contributed by atoms with E-state index in [4.69, 9.17) is 9.47 Å². The Bertz CT molecular complexity index is 707. The lowest BCUT2D eigenvalue weighted by Gasteiger charge is -2.41. The second kappa shape index (κ2) is 8.91. The Morgan fingerprint density at radius 2 is 1.79 bits per heavy atom. The van der Waals surface area contributed by atoms with E-state index in [1.165, 1.54) is 6.92 Å². The summed E-state index contributed by atoms with van der Waals surface area (Å²) in [6.07, 6.45) is 0.920. The lowest BCUT2D eigenvalue weighted by atomic mass is 9.90. The number of halogens is 2. The summed E-state index contributed by atoms with van der Waals surface area (Å²) in [5.74, 6) is -1.53. The van der Waals surface area contributed by atoms with Gasteiger partial charge in [0.05, 0.1) is 18.8 Å². The number of nitrogens with zero attached hydrogens (tertiary/aromatic N) is 2. The minimum atomic E-state index is -1.39. The lowest BCUT2D eigenvalue weighted by Crippen LogP contribution is -2.55. The van der Waals surface area contributed by atoms with Crippen LogP contribution in [0.1, 0.15) is 19.8 Å². The van der Waals surface area contributed by atoms with Gasteiger partial charge in [-0.3, -0.25) is 9.69 Å². The second-order valence-electron chi connectivity index (χ2n) is 8.11. The molecule has 7 nitrogen and oxygen atoms in total. The molecule has 2 saturated heterocycles. The fourth-order valence-electron chi connectivity index (χ4n) is 3.86. The minimum absolute atomic E-state index is 0.00414. The summed E-state index contributed by atoms with van der Waals surface area (Å²) in [6, 6.07) is 2.84. The first-order chi connectivity index (χ1) is 13.7. The second-order valence-corrected chi connectivity index (χ2v) is 8.11. The summed E-state index contributed by atoms with van der Waals surface area (Å²) in [5, 5.41) is 21.9. The van der Waals surface area contributed by atoms with Gasteiger partial charge in [-0.1, -0.05) is 0 Å². The fourth-order valence-corrected chi connectivity index (χ4v) is 3.86. The van der Waals surface area contributed by atoms with Crippen molar-refractivity contribution < 1.29 is 33.3 Å². The highest BCUT2D eigenvalue weighted by Gasteiger charge is 2.39. The maximum absolute atomic E-state index is 13.3. The van der Waals surface area contributed by atoms with Crippen molar-refractivity contribution in [2.75, 3.05) is 52.5 Å². The summed E-state index contributed by atoms with van der Waals surface area (Å²) in [7, 11) is 0. The molecular weight excluding hydrogens is 386 g/mol. The molecule has 0 spiro atoms. The van der Waals surface area contributed by atoms with E-state index in [2.05, 4.69) is 0 Å². The van der Waals surface area contributed by atoms with Crippen LogP contribution >= 0.6 is 0 Å². The van der Waals surface area contributed by atoms with E-state index in [0.717, 1.165) is 18.2 Å². The van der Waals surface area contributed by atoms with E-state index in [1.807, 2.05) is 4.90 Å². The van der Waals surface area contributed by atoms with Crippen LogP contribution in [0.15, 0.2) is 18.2 Å². The molecule has 2 heterocycles. The third-order valence-electron chi connectivity index (χ3n) is 5.44. The molecule has 2 aliphatic heterocycles. The molecule has 0 aliphatic carbocycles. The number of carbonyl (C=O) groups excluding carboxylic acids is 1. The molecule has 9 heteroatoms. The van der Waals surface area contributed by atoms with Gasteiger partial charge in [-0.2, -0.15) is 0 Å². The maximum atomic E-state index is 13.3. The molecule has 2 N–H and O–H groups in total. The van der Waals surface area contributed by atoms with Gasteiger partial charge in [-0.25, -0.2) is 8.78 Å². The predicted octanol–water partition coefficient (Wildman–Crippen LogP) is 0.780. The van der Waals surface area contributed by atoms with Gasteiger partial charge in [-0.15, -0.1) is 0 Å². The lowest BCUT2D eigenvalue weighted by molar-refractivity contribution is -0.134. The van der Waals surface area contributed by atoms with E-state index < -0.39 is 22.8 Å². The van der Waals surface area contributed by atoms with Crippen LogP contribution in [0.25, 0.3) is 0 Å². The Morgan fingerprint density at radius 3 is 2.41 bits per heavy atom. The van der Waals surface area contributed by atoms with Gasteiger partial charge in [0.15, 0.2) is 0 Å². The molecule has 1 aromatic rings. The van der Waals surface area contributed by atoms with Crippen LogP contribution in [0.4, 0.5) is 8.78 Å². The number of carbonyl (C=O) groups is 1. The number of hydrogen-bond donors (Lipinski definition) is 2. The number of β-amino-alcohol motifs (C(OH)–C–C–N with tert-alkyl or cyclic N) is 2. The standard InChI is InChI=1S/C20H28F2N2O5/c1-15(25)24-4-2-19(26,3-5-24)11-23-6-7-28-13-20(27,12-23)14-29-18-9-16(21)8-17(22)10-18/h8-10,26-27H,2-7,11-14H2,1H3. The molecule has 2 fully saturated rings. The number of likely N-dealkylation sites (tertiary alicyclic amines) is 1. The van der Waals surface area contributed by atoms with E-state index in [9.17, 15) is 23.8 Å². The topological polar surface area (TPSA) is 82.5 Å². The zero-order valence-corrected chi connectivity index (χ0v) is 16.6. The number of rotatable bonds is 5. The van der Waals surface area contributed by atoms with Gasteiger partial charge in [0.25, 0.3) is 0 Å². The Kier molecular flexibility index (Phi) is 6.72. The van der Waals surface area contributed by atoms with Crippen LogP contribution in [0.2, 0.25) is 0 Å². The zero-order chi connectivity index (χ0) is 21.1. The first-order valence-corrected chi connectivity index (χ1v) is 9.76. The average molecular weight is 414 g/mol. The van der Waals surface area contributed by atoms with Crippen molar-refractivity contribution in [3.8, 4) is 5.75 Å². The predicted molar refractivity (Wildman–Crippen MR) is 100 cm³/mol. The Balaban J connectivity index is 1.59. The highest BCUT2D eigenvalue weighted by molar-refractivity contribution is 5.73. The van der Waals surface area contributed by atoms with E-state index in [-0.39, 0.29) is 31.4 Å². The summed E-state index contributed by atoms with van der Waals surface area (Å²) < 4.78 is 37.6. The van der Waals surface area contributed by atoms with Crippen molar-refractivity contribution in [1.82, 2.24) is 9.80 Å². The van der Waals surface area contributed by atoms with Gasteiger partial charge in [0.2, 0.25) is 5.91 Å². The van der Waals surface area contributed by atoms with Crippen molar-refractivity contribution in [3.05, 3.63) is 29.8 Å². The molecule has 0 aromatic heterocycles. The quantitative estimate of drug-likeness (QED) is 0.741. The van der Waals surface area contributed by atoms with Gasteiger partial charge in [0.1, 0.15) is 29.6 Å². The van der Waals surface area contributed by atoms with Gasteiger partial charge in [-0.05, 0) is 12.8 Å². The third-order valence-corrected chi connectivity index (χ3v) is 5.44. The van der Waals surface area contributed by atoms with Gasteiger partial charge < -0.3 is 24.6 Å². The van der Waals surface area contributed by atoms with Crippen molar-refractivity contribution in [2.45, 2.75) is 31.0 Å². The van der Waals surface area contributed by atoms with Crippen molar-refractivity contribution in [2.24, 2.45) is 0 Å². The highest BCUT2D eigenvalue weighted by Crippen LogP contribution is 2.25. The summed E-state index contributed by atoms with van der Waals surface area (Å²) in [4.78, 5) is 15.1. The van der Waals surface area contributed by atoms with Gasteiger partial charge in [0, 0.05) is 57.8 Å². The smallest absolute Gasteiger partial charge is 0.219 e. The van der Waals surface area contributed by atoms with E-state index >= 15 is 0 Å². The van der Waals surface area contributed by atoms with Crippen LogP contribution < -0.4 is 4.74 Å². The fraction of sp³-hybridized carbons (Fsp3) is 0.650. The number of piperidine rings is 1. The number of ether oxygens (including phenoxy) is 2. The average Bonchev–Trinajstić information content (AvgIpc) is 2.81. The highest BCUT2D eigenvalue weighted by atomic mass is 19.1. The first kappa shape index (κ1) is 21.9. The number of hydrogen-bond acceptors (Lipinski definition) is 6. The molecule has 162 valence electrons. The molecule has 0 radical (unpaired) electrons. The maximum Gasteiger partial charge on any atom is 0.219 e. The summed E-state index contributed by atoms with van der Waals surface area (Å²) in [5.41, 5.74) is -2.35. The molecule has 1 unspecified atom stereocenters. The molecule has 0 saturated carbocycles. The van der Waals surface area contributed by atoms with Crippen LogP contribution in [-0.4, -0.2) is 89.7 Å². The molecular formula is C20H28F2N2O5. The monoisotopic (exact) mass is 414 g/mol. The molecule has 2 aliphatic rings. The molecule has 1 atom stereocenters. The Morgan fingerprint density at radius 1 is 1.14 bits per heavy atom. The zero-order valence-electron chi connectivity index (χ0n) is 16.6. The SMILES string of the molecule is CC(=O)N1CCC(O)(CN2CCOCC(O)(COc3cc(F)cc(F)c3)C2)CC1. The largest absolute Gasteiger partial charge is 0.490 e. The van der Waals surface area contributed by atoms with E-state index in [1.54, 1.807) is 4.90 Å². The van der Waals surface area contributed by atoms with Crippen molar-refractivity contribution >= 4 is 5.91 Å². The first-order valence-electron chi connectivity index (χ1n) is 9.76. The molecule has 3 rings (SSSR count). The molecule has 1 aromatic carbocycles. The van der Waals surface area contributed by atoms with Crippen molar-refractivity contribution in [3.63, 3.8) is 0 Å². The summed E-state index contributed by atoms with van der Waals surface area (Å²) in [6.45, 7) is 3.73. The minimum Gasteiger partial charge on any atom is -0.490 e. The Labute approximate surface area is 168 Å². The molecule has 29 heavy (non-hydrogen) atoms. The van der Waals surface area contributed by atoms with Crippen LogP contribution in [0, 0.1) is 11.6 Å². The molecule has 0 bridgehead atoms. The van der Waals surface area contributed by atoms with Crippen LogP contribution in [-0.2, 0) is 9.53 Å². The normalized spacial score (nSPS) is 25.5. The third kappa shape index (κ3) is 6.08. The number of aliphatic hydroxyl groups is 2. The summed E-state index contributed by atoms with van der Waals surface area (Å²) >= 11 is 0. The number of amides is 1. The van der Waals surface area contributed by atoms with E-state index in [0.29, 0.717) is 45.6 Å². The Hall–Kier alpha value is -1.81. The van der Waals surface area contributed by atoms with Crippen LogP contribution in [0.3, 0.4) is 0 Å². The van der Waals surface area contributed by atoms with Gasteiger partial charge >= 0.3 is 0 Å². The number of benzene rings is 1. The van der Waals surface area contributed by atoms with Crippen LogP contribution in [0.5, 0.6) is 5.75 Å².